The number of aliphatic hydroxyl groups excluding tert-OH is 2. The normalized spacial score (nSPS) is 53.5. The van der Waals surface area contributed by atoms with Gasteiger partial charge in [-0.1, -0.05) is 20.4 Å². The second-order valence-electron chi connectivity index (χ2n) is 6.85. The van der Waals surface area contributed by atoms with Gasteiger partial charge in [-0.25, -0.2) is 0 Å². The molecule has 1 saturated heterocycles. The first-order valence-electron chi connectivity index (χ1n) is 7.05. The van der Waals surface area contributed by atoms with E-state index in [-0.39, 0.29) is 35.9 Å². The van der Waals surface area contributed by atoms with Crippen molar-refractivity contribution >= 4 is 5.97 Å². The molecule has 4 heteroatoms. The smallest absolute Gasteiger partial charge is 0.319 e. The molecule has 3 rings (SSSR count). The molecule has 6 atom stereocenters. The number of esters is 1. The Bertz CT molecular complexity index is 427. The third-order valence-corrected chi connectivity index (χ3v) is 6.12. The van der Waals surface area contributed by atoms with Gasteiger partial charge >= 0.3 is 5.97 Å². The summed E-state index contributed by atoms with van der Waals surface area (Å²) in [4.78, 5) is 12.2. The van der Waals surface area contributed by atoms with Crippen LogP contribution in [0, 0.1) is 22.7 Å². The molecule has 2 saturated carbocycles. The molecule has 1 spiro atoms. The number of hydrogen-bond acceptors (Lipinski definition) is 4. The summed E-state index contributed by atoms with van der Waals surface area (Å²) in [5.74, 6) is -0.0113. The third-order valence-electron chi connectivity index (χ3n) is 6.12. The number of hydrogen-bond donors (Lipinski definition) is 2. The maximum atomic E-state index is 12.2. The van der Waals surface area contributed by atoms with Crippen LogP contribution < -0.4 is 0 Å². The summed E-state index contributed by atoms with van der Waals surface area (Å²) >= 11 is 0. The molecule has 4 nitrogen and oxygen atoms in total. The van der Waals surface area contributed by atoms with Crippen LogP contribution in [0.1, 0.15) is 33.1 Å². The van der Waals surface area contributed by atoms with Gasteiger partial charge in [0.15, 0.2) is 0 Å². The highest BCUT2D eigenvalue weighted by Crippen LogP contribution is 2.64. The summed E-state index contributed by atoms with van der Waals surface area (Å²) in [6, 6.07) is 0. The van der Waals surface area contributed by atoms with Crippen molar-refractivity contribution in [1.82, 2.24) is 0 Å². The van der Waals surface area contributed by atoms with Crippen molar-refractivity contribution < 1.29 is 19.7 Å². The van der Waals surface area contributed by atoms with E-state index in [1.54, 1.807) is 0 Å². The Morgan fingerprint density at radius 3 is 2.63 bits per heavy atom. The molecular weight excluding hydrogens is 244 g/mol. The van der Waals surface area contributed by atoms with Crippen LogP contribution in [0.5, 0.6) is 0 Å². The zero-order valence-electron chi connectivity index (χ0n) is 11.6. The molecule has 0 radical (unpaired) electrons. The van der Waals surface area contributed by atoms with Crippen LogP contribution in [0.15, 0.2) is 12.2 Å². The fourth-order valence-corrected chi connectivity index (χ4v) is 4.66. The van der Waals surface area contributed by atoms with Crippen LogP contribution in [0.3, 0.4) is 0 Å². The Hall–Kier alpha value is -0.870. The molecule has 1 heterocycles. The molecule has 2 N–H and O–H groups in total. The average molecular weight is 266 g/mol. The minimum Gasteiger partial charge on any atom is -0.460 e. The highest BCUT2D eigenvalue weighted by molar-refractivity contribution is 5.85. The average Bonchev–Trinajstić information content (AvgIpc) is 2.74. The van der Waals surface area contributed by atoms with Crippen LogP contribution >= 0.6 is 0 Å². The summed E-state index contributed by atoms with van der Waals surface area (Å²) in [6.45, 7) is 8.28. The van der Waals surface area contributed by atoms with Gasteiger partial charge in [0.25, 0.3) is 0 Å². The summed E-state index contributed by atoms with van der Waals surface area (Å²) in [5.41, 5.74) is -0.578. The van der Waals surface area contributed by atoms with Gasteiger partial charge in [0.1, 0.15) is 12.0 Å². The van der Waals surface area contributed by atoms with E-state index in [1.807, 2.05) is 6.92 Å². The van der Waals surface area contributed by atoms with Crippen molar-refractivity contribution in [3.8, 4) is 0 Å². The molecule has 2 aliphatic carbocycles. The Morgan fingerprint density at radius 1 is 1.37 bits per heavy atom. The largest absolute Gasteiger partial charge is 0.460 e. The van der Waals surface area contributed by atoms with Crippen molar-refractivity contribution in [2.45, 2.75) is 45.3 Å². The lowest BCUT2D eigenvalue weighted by Crippen LogP contribution is -2.49. The summed E-state index contributed by atoms with van der Waals surface area (Å²) < 4.78 is 5.13. The number of ether oxygens (including phenoxy) is 1. The van der Waals surface area contributed by atoms with Crippen molar-refractivity contribution in [3.05, 3.63) is 12.2 Å². The molecule has 3 aliphatic rings. The molecule has 0 aromatic rings. The first-order chi connectivity index (χ1) is 8.83. The van der Waals surface area contributed by atoms with Crippen LogP contribution in [-0.2, 0) is 9.53 Å². The molecule has 0 amide bonds. The number of rotatable bonds is 0. The quantitative estimate of drug-likeness (QED) is 0.512. The van der Waals surface area contributed by atoms with Gasteiger partial charge in [-0.05, 0) is 36.7 Å². The number of fused-ring (bicyclic) bond motifs is 1. The summed E-state index contributed by atoms with van der Waals surface area (Å²) in [5, 5.41) is 20.9. The van der Waals surface area contributed by atoms with E-state index in [0.29, 0.717) is 24.8 Å². The van der Waals surface area contributed by atoms with Gasteiger partial charge in [-0.2, -0.15) is 0 Å². The predicted octanol–water partition coefficient (Wildman–Crippen LogP) is 1.26. The highest BCUT2D eigenvalue weighted by atomic mass is 16.5. The van der Waals surface area contributed by atoms with E-state index in [0.717, 1.165) is 0 Å². The molecule has 0 bridgehead atoms. The van der Waals surface area contributed by atoms with Crippen molar-refractivity contribution in [3.63, 3.8) is 0 Å². The zero-order chi connectivity index (χ0) is 14.0. The lowest BCUT2D eigenvalue weighted by atomic mass is 9.61. The van der Waals surface area contributed by atoms with Crippen molar-refractivity contribution in [1.29, 1.82) is 0 Å². The standard InChI is InChI=1S/C15H22O4/c1-8-4-11(16)5-10-6-15(12(17)14(8,10)3)9(2)7-19-13(15)18/h8,10-12,16-17H,2,4-7H2,1,3H3/t8-,10+,11+,12-,14+,15+/m1/s1. The van der Waals surface area contributed by atoms with Gasteiger partial charge in [0.2, 0.25) is 0 Å². The lowest BCUT2D eigenvalue weighted by molar-refractivity contribution is -0.153. The number of aliphatic hydroxyl groups is 2. The van der Waals surface area contributed by atoms with Gasteiger partial charge in [-0.3, -0.25) is 4.79 Å². The molecule has 0 unspecified atom stereocenters. The Morgan fingerprint density at radius 2 is 2.05 bits per heavy atom. The van der Waals surface area contributed by atoms with Gasteiger partial charge in [-0.15, -0.1) is 0 Å². The predicted molar refractivity (Wildman–Crippen MR) is 69.2 cm³/mol. The third kappa shape index (κ3) is 1.39. The van der Waals surface area contributed by atoms with E-state index >= 15 is 0 Å². The zero-order valence-corrected chi connectivity index (χ0v) is 11.6. The lowest BCUT2D eigenvalue weighted by Gasteiger charge is -2.46. The summed E-state index contributed by atoms with van der Waals surface area (Å²) in [7, 11) is 0. The molecule has 3 fully saturated rings. The van der Waals surface area contributed by atoms with Crippen LogP contribution in [0.4, 0.5) is 0 Å². The number of cyclic esters (lactones) is 1. The highest BCUT2D eigenvalue weighted by Gasteiger charge is 2.69. The fourth-order valence-electron chi connectivity index (χ4n) is 4.66. The fraction of sp³-hybridized carbons (Fsp3) is 0.800. The molecule has 19 heavy (non-hydrogen) atoms. The van der Waals surface area contributed by atoms with Crippen molar-refractivity contribution in [2.24, 2.45) is 22.7 Å². The van der Waals surface area contributed by atoms with Gasteiger partial charge in [0, 0.05) is 5.41 Å². The Kier molecular flexibility index (Phi) is 2.64. The van der Waals surface area contributed by atoms with E-state index < -0.39 is 11.5 Å². The van der Waals surface area contributed by atoms with Crippen LogP contribution in [0.25, 0.3) is 0 Å². The van der Waals surface area contributed by atoms with E-state index in [2.05, 4.69) is 13.5 Å². The van der Waals surface area contributed by atoms with Gasteiger partial charge < -0.3 is 14.9 Å². The second-order valence-corrected chi connectivity index (χ2v) is 6.85. The first-order valence-corrected chi connectivity index (χ1v) is 7.05. The monoisotopic (exact) mass is 266 g/mol. The Labute approximate surface area is 113 Å². The number of carbonyl (C=O) groups excluding carboxylic acids is 1. The topological polar surface area (TPSA) is 66.8 Å². The van der Waals surface area contributed by atoms with E-state index in [9.17, 15) is 15.0 Å². The first kappa shape index (κ1) is 13.1. The SMILES string of the molecule is C=C1COC(=O)[C@@]12C[C@@H]1C[C@@H](O)C[C@@H](C)[C@]1(C)[C@H]2O. The maximum Gasteiger partial charge on any atom is 0.319 e. The van der Waals surface area contributed by atoms with E-state index in [4.69, 9.17) is 4.74 Å². The minimum absolute atomic E-state index is 0.142. The second kappa shape index (κ2) is 3.83. The molecule has 0 aromatic carbocycles. The Balaban J connectivity index is 2.06. The van der Waals surface area contributed by atoms with Gasteiger partial charge in [0.05, 0.1) is 12.2 Å². The van der Waals surface area contributed by atoms with Crippen molar-refractivity contribution in [2.75, 3.05) is 6.61 Å². The summed E-state index contributed by atoms with van der Waals surface area (Å²) in [6.07, 6.45) is 0.808. The van der Waals surface area contributed by atoms with E-state index in [1.165, 1.54) is 0 Å². The van der Waals surface area contributed by atoms with Crippen LogP contribution in [0.2, 0.25) is 0 Å². The minimum atomic E-state index is -0.933. The maximum absolute atomic E-state index is 12.2. The molecule has 1 aliphatic heterocycles. The van der Waals surface area contributed by atoms with Crippen LogP contribution in [-0.4, -0.2) is 35.0 Å². The molecule has 0 aromatic heterocycles. The molecule has 106 valence electrons. The molecular formula is C15H22O4. The number of carbonyl (C=O) groups is 1.